The Kier molecular flexibility index (Phi) is 5.32. The van der Waals surface area contributed by atoms with Crippen LogP contribution in [0.15, 0.2) is 36.4 Å². The maximum atomic E-state index is 10.5. The van der Waals surface area contributed by atoms with E-state index in [1.165, 1.54) is 0 Å². The number of nitrogens with one attached hydrogen (secondary N) is 1. The minimum Gasteiger partial charge on any atom is -0.507 e. The number of fused-ring (bicyclic) bond motifs is 1. The van der Waals surface area contributed by atoms with Crippen molar-refractivity contribution >= 4 is 22.5 Å². The number of thioether (sulfide) groups is 1. The number of hydrogen-bond donors (Lipinski definition) is 2. The van der Waals surface area contributed by atoms with Gasteiger partial charge in [-0.25, -0.2) is 0 Å². The third-order valence-corrected chi connectivity index (χ3v) is 4.48. The van der Waals surface area contributed by atoms with Crippen LogP contribution in [0.1, 0.15) is 31.9 Å². The Labute approximate surface area is 125 Å². The van der Waals surface area contributed by atoms with Gasteiger partial charge in [0.25, 0.3) is 0 Å². The Hall–Kier alpha value is -1.19. The largest absolute Gasteiger partial charge is 0.507 e. The first kappa shape index (κ1) is 15.2. The average Bonchev–Trinajstić information content (AvgIpc) is 2.47. The molecule has 0 saturated heterocycles. The van der Waals surface area contributed by atoms with E-state index < -0.39 is 0 Å². The zero-order valence-corrected chi connectivity index (χ0v) is 13.2. The summed E-state index contributed by atoms with van der Waals surface area (Å²) in [6.07, 6.45) is 3.22. The molecule has 0 aromatic heterocycles. The summed E-state index contributed by atoms with van der Waals surface area (Å²) in [5.41, 5.74) is 0.975. The van der Waals surface area contributed by atoms with Crippen molar-refractivity contribution in [3.8, 4) is 5.75 Å². The van der Waals surface area contributed by atoms with Gasteiger partial charge in [0, 0.05) is 28.8 Å². The normalized spacial score (nSPS) is 14.3. The van der Waals surface area contributed by atoms with Crippen LogP contribution in [0.25, 0.3) is 10.8 Å². The number of phenols is 1. The molecule has 0 aliphatic rings. The lowest BCUT2D eigenvalue weighted by molar-refractivity contribution is 0.437. The van der Waals surface area contributed by atoms with Crippen LogP contribution < -0.4 is 5.32 Å². The van der Waals surface area contributed by atoms with Crippen molar-refractivity contribution < 1.29 is 5.11 Å². The lowest BCUT2D eigenvalue weighted by Gasteiger charge is -2.23. The molecular formula is C17H23NOS. The number of phenolic OH excluding ortho intramolecular Hbond substituents is 1. The van der Waals surface area contributed by atoms with Gasteiger partial charge in [-0.05, 0) is 25.0 Å². The molecule has 0 bridgehead atoms. The minimum absolute atomic E-state index is 0.150. The van der Waals surface area contributed by atoms with Crippen molar-refractivity contribution in [1.82, 2.24) is 5.32 Å². The number of hydrogen-bond acceptors (Lipinski definition) is 3. The predicted molar refractivity (Wildman–Crippen MR) is 89.6 cm³/mol. The number of rotatable bonds is 6. The Bertz CT molecular complexity index is 570. The monoisotopic (exact) mass is 289 g/mol. The first-order valence-corrected chi connectivity index (χ1v) is 8.52. The summed E-state index contributed by atoms with van der Waals surface area (Å²) < 4.78 is 0. The van der Waals surface area contributed by atoms with Gasteiger partial charge in [0.05, 0.1) is 0 Å². The van der Waals surface area contributed by atoms with Crippen molar-refractivity contribution in [2.75, 3.05) is 12.0 Å². The van der Waals surface area contributed by atoms with Crippen LogP contribution in [-0.2, 0) is 0 Å². The lowest BCUT2D eigenvalue weighted by Crippen LogP contribution is -2.33. The van der Waals surface area contributed by atoms with Crippen LogP contribution in [0.2, 0.25) is 0 Å². The third-order valence-electron chi connectivity index (χ3n) is 3.74. The molecule has 0 heterocycles. The SMILES string of the molecule is CCC(CSC)NC(C)c1ccc2ccccc2c1O. The average molecular weight is 289 g/mol. The summed E-state index contributed by atoms with van der Waals surface area (Å²) in [5.74, 6) is 1.50. The van der Waals surface area contributed by atoms with E-state index in [9.17, 15) is 5.11 Å². The van der Waals surface area contributed by atoms with Gasteiger partial charge in [0.2, 0.25) is 0 Å². The highest BCUT2D eigenvalue weighted by Gasteiger charge is 2.15. The molecule has 0 radical (unpaired) electrons. The van der Waals surface area contributed by atoms with E-state index in [0.29, 0.717) is 11.8 Å². The fourth-order valence-electron chi connectivity index (χ4n) is 2.55. The van der Waals surface area contributed by atoms with Gasteiger partial charge in [0.1, 0.15) is 5.75 Å². The Morgan fingerprint density at radius 3 is 2.65 bits per heavy atom. The van der Waals surface area contributed by atoms with Gasteiger partial charge >= 0.3 is 0 Å². The molecule has 0 aliphatic heterocycles. The van der Waals surface area contributed by atoms with Crippen molar-refractivity contribution in [2.24, 2.45) is 0 Å². The minimum atomic E-state index is 0.150. The topological polar surface area (TPSA) is 32.3 Å². The van der Waals surface area contributed by atoms with Crippen molar-refractivity contribution in [3.63, 3.8) is 0 Å². The summed E-state index contributed by atoms with van der Waals surface area (Å²) in [6.45, 7) is 4.31. The van der Waals surface area contributed by atoms with Crippen molar-refractivity contribution in [2.45, 2.75) is 32.4 Å². The molecular weight excluding hydrogens is 266 g/mol. The van der Waals surface area contributed by atoms with Crippen LogP contribution >= 0.6 is 11.8 Å². The second-order valence-corrected chi connectivity index (χ2v) is 6.08. The van der Waals surface area contributed by atoms with Crippen LogP contribution in [0.5, 0.6) is 5.75 Å². The molecule has 0 amide bonds. The molecule has 2 aromatic rings. The van der Waals surface area contributed by atoms with Crippen LogP contribution in [0.3, 0.4) is 0 Å². The molecule has 2 unspecified atom stereocenters. The molecule has 2 rings (SSSR count). The summed E-state index contributed by atoms with van der Waals surface area (Å²) in [5, 5.41) is 16.1. The standard InChI is InChI=1S/C17H23NOS/c1-4-14(11-20-3)18-12(2)15-10-9-13-7-5-6-8-16(13)17(15)19/h5-10,12,14,18-19H,4,11H2,1-3H3. The molecule has 2 N–H and O–H groups in total. The first-order chi connectivity index (χ1) is 9.67. The molecule has 0 aliphatic carbocycles. The van der Waals surface area contributed by atoms with Gasteiger partial charge in [-0.15, -0.1) is 0 Å². The van der Waals surface area contributed by atoms with Crippen LogP contribution in [0, 0.1) is 0 Å². The first-order valence-electron chi connectivity index (χ1n) is 7.13. The van der Waals surface area contributed by atoms with E-state index in [2.05, 4.69) is 31.5 Å². The van der Waals surface area contributed by atoms with E-state index in [1.807, 2.05) is 42.1 Å². The summed E-state index contributed by atoms with van der Waals surface area (Å²) >= 11 is 1.85. The Balaban J connectivity index is 2.25. The van der Waals surface area contributed by atoms with E-state index in [0.717, 1.165) is 28.5 Å². The fraction of sp³-hybridized carbons (Fsp3) is 0.412. The fourth-order valence-corrected chi connectivity index (χ4v) is 3.28. The Morgan fingerprint density at radius 2 is 1.95 bits per heavy atom. The molecule has 2 nitrogen and oxygen atoms in total. The van der Waals surface area contributed by atoms with Crippen LogP contribution in [0.4, 0.5) is 0 Å². The number of benzene rings is 2. The molecule has 108 valence electrons. The van der Waals surface area contributed by atoms with Gasteiger partial charge in [-0.2, -0.15) is 11.8 Å². The Morgan fingerprint density at radius 1 is 1.20 bits per heavy atom. The zero-order valence-electron chi connectivity index (χ0n) is 12.4. The number of aromatic hydroxyl groups is 1. The molecule has 0 spiro atoms. The second-order valence-electron chi connectivity index (χ2n) is 5.17. The van der Waals surface area contributed by atoms with Crippen LogP contribution in [-0.4, -0.2) is 23.2 Å². The smallest absolute Gasteiger partial charge is 0.128 e. The van der Waals surface area contributed by atoms with Gasteiger partial charge in [-0.1, -0.05) is 43.3 Å². The lowest BCUT2D eigenvalue weighted by atomic mass is 10.0. The maximum absolute atomic E-state index is 10.5. The highest BCUT2D eigenvalue weighted by atomic mass is 32.2. The zero-order chi connectivity index (χ0) is 14.5. The van der Waals surface area contributed by atoms with E-state index in [1.54, 1.807) is 0 Å². The van der Waals surface area contributed by atoms with Crippen molar-refractivity contribution in [1.29, 1.82) is 0 Å². The molecule has 3 heteroatoms. The van der Waals surface area contributed by atoms with E-state index in [-0.39, 0.29) is 6.04 Å². The van der Waals surface area contributed by atoms with E-state index >= 15 is 0 Å². The van der Waals surface area contributed by atoms with Gasteiger partial charge in [-0.3, -0.25) is 0 Å². The summed E-state index contributed by atoms with van der Waals surface area (Å²) in [6, 6.07) is 12.7. The highest BCUT2D eigenvalue weighted by molar-refractivity contribution is 7.98. The molecule has 20 heavy (non-hydrogen) atoms. The molecule has 0 fully saturated rings. The predicted octanol–water partition coefficient (Wildman–Crippen LogP) is 4.34. The second kappa shape index (κ2) is 7.00. The third kappa shape index (κ3) is 3.28. The quantitative estimate of drug-likeness (QED) is 0.830. The maximum Gasteiger partial charge on any atom is 0.128 e. The van der Waals surface area contributed by atoms with E-state index in [4.69, 9.17) is 0 Å². The molecule has 2 aromatic carbocycles. The highest BCUT2D eigenvalue weighted by Crippen LogP contribution is 2.32. The molecule has 2 atom stereocenters. The van der Waals surface area contributed by atoms with Gasteiger partial charge in [0.15, 0.2) is 0 Å². The van der Waals surface area contributed by atoms with Crippen molar-refractivity contribution in [3.05, 3.63) is 42.0 Å². The van der Waals surface area contributed by atoms with Gasteiger partial charge < -0.3 is 10.4 Å². The summed E-state index contributed by atoms with van der Waals surface area (Å²) in [7, 11) is 0. The molecule has 0 saturated carbocycles. The summed E-state index contributed by atoms with van der Waals surface area (Å²) in [4.78, 5) is 0.